The van der Waals surface area contributed by atoms with Gasteiger partial charge in [0.2, 0.25) is 0 Å². The molecule has 3 aromatic rings. The number of nitrogens with one attached hydrogen (secondary N) is 2. The van der Waals surface area contributed by atoms with Crippen LogP contribution in [0, 0.1) is 6.92 Å². The lowest BCUT2D eigenvalue weighted by molar-refractivity contribution is -0.354. The third-order valence-corrected chi connectivity index (χ3v) is 5.54. The predicted molar refractivity (Wildman–Crippen MR) is 142 cm³/mol. The normalized spacial score (nSPS) is 11.1. The number of fused-ring (bicyclic) bond motifs is 1. The minimum absolute atomic E-state index is 0.0110. The molecule has 0 aromatic heterocycles. The summed E-state index contributed by atoms with van der Waals surface area (Å²) in [5.74, 6) is 0.00829. The average Bonchev–Trinajstić information content (AvgIpc) is 2.78. The fraction of sp³-hybridized carbons (Fsp3) is 0.269. The zero-order chi connectivity index (χ0) is 28.5. The first kappa shape index (κ1) is 30.1. The number of benzene rings is 3. The Balaban J connectivity index is 0.000000384. The Kier molecular flexibility index (Phi) is 10.2. The second kappa shape index (κ2) is 12.9. The van der Waals surface area contributed by atoms with Crippen LogP contribution in [0.2, 0.25) is 0 Å². The predicted octanol–water partition coefficient (Wildman–Crippen LogP) is 1.54. The standard InChI is InChI=1S/C19H24N4O4.C7H8O3S/c1-19(2,3)27-18(25)22-11-10-16(24)26-15-9-5-6-12-13(15)7-4-8-14(12)23-17(20)21;1-6-2-4-7(5-3-6)11(8,9)10/h4-9H,10-11H2,1-3H3,(H,22,25)(H4,20,21,23);2-5H,1H3,(H,8,9,10). The molecule has 0 aliphatic carbocycles. The Morgan fingerprint density at radius 2 is 1.58 bits per heavy atom. The van der Waals surface area contributed by atoms with Crippen LogP contribution in [0.1, 0.15) is 32.8 Å². The van der Waals surface area contributed by atoms with Gasteiger partial charge in [0.1, 0.15) is 27.2 Å². The first-order chi connectivity index (χ1) is 17.7. The molecule has 12 heteroatoms. The van der Waals surface area contributed by atoms with Gasteiger partial charge < -0.3 is 19.3 Å². The van der Waals surface area contributed by atoms with E-state index < -0.39 is 27.8 Å². The van der Waals surface area contributed by atoms with E-state index in [-0.39, 0.29) is 23.8 Å². The topological polar surface area (TPSA) is 188 Å². The average molecular weight is 545 g/mol. The maximum atomic E-state index is 12.1. The molecule has 0 bridgehead atoms. The molecule has 3 aromatic carbocycles. The number of hydrogen-bond donors (Lipinski definition) is 4. The third-order valence-electron chi connectivity index (χ3n) is 4.69. The maximum absolute atomic E-state index is 12.1. The number of alkyl carbamates (subject to hydrolysis) is 1. The zero-order valence-corrected chi connectivity index (χ0v) is 22.4. The van der Waals surface area contributed by atoms with Gasteiger partial charge in [-0.15, -0.1) is 0 Å². The fourth-order valence-corrected chi connectivity index (χ4v) is 3.56. The number of carbonyl (C=O) groups excluding carboxylic acids is 2. The fourth-order valence-electron chi connectivity index (χ4n) is 3.09. The van der Waals surface area contributed by atoms with E-state index in [0.717, 1.165) is 16.3 Å². The van der Waals surface area contributed by atoms with Crippen LogP contribution in [0.5, 0.6) is 5.75 Å². The number of carbonyl (C=O) groups is 2. The van der Waals surface area contributed by atoms with Gasteiger partial charge in [0.25, 0.3) is 0 Å². The molecule has 1 amide bonds. The summed E-state index contributed by atoms with van der Waals surface area (Å²) in [5, 5.41) is 4.06. The van der Waals surface area contributed by atoms with Crippen molar-refractivity contribution >= 4 is 44.6 Å². The quantitative estimate of drug-likeness (QED) is 0.117. The molecule has 204 valence electrons. The number of nitrogens with two attached hydrogens (primary N) is 2. The Hall–Kier alpha value is -4.16. The molecule has 6 N–H and O–H groups in total. The second-order valence-corrected chi connectivity index (χ2v) is 10.5. The van der Waals surface area contributed by atoms with E-state index in [9.17, 15) is 22.6 Å². The van der Waals surface area contributed by atoms with Gasteiger partial charge in [-0.25, -0.2) is 18.2 Å². The molecule has 0 aliphatic rings. The lowest BCUT2D eigenvalue weighted by Crippen LogP contribution is -2.72. The molecule has 0 radical (unpaired) electrons. The van der Waals surface area contributed by atoms with E-state index in [0.29, 0.717) is 11.4 Å². The van der Waals surface area contributed by atoms with Crippen LogP contribution in [0.4, 0.5) is 10.5 Å². The largest absolute Gasteiger partial charge is 0.744 e. The van der Waals surface area contributed by atoms with E-state index >= 15 is 0 Å². The minimum Gasteiger partial charge on any atom is -0.744 e. The molecule has 0 atom stereocenters. The van der Waals surface area contributed by atoms with Crippen molar-refractivity contribution in [2.24, 2.45) is 11.5 Å². The lowest BCUT2D eigenvalue weighted by atomic mass is 10.1. The monoisotopic (exact) mass is 544 g/mol. The van der Waals surface area contributed by atoms with Crippen LogP contribution >= 0.6 is 0 Å². The molecule has 3 rings (SSSR count). The highest BCUT2D eigenvalue weighted by Gasteiger charge is 2.16. The van der Waals surface area contributed by atoms with Gasteiger partial charge in [-0.2, -0.15) is 0 Å². The van der Waals surface area contributed by atoms with Crippen molar-refractivity contribution in [2.45, 2.75) is 44.6 Å². The van der Waals surface area contributed by atoms with Gasteiger partial charge in [-0.1, -0.05) is 42.0 Å². The highest BCUT2D eigenvalue weighted by Crippen LogP contribution is 2.28. The first-order valence-electron chi connectivity index (χ1n) is 11.5. The summed E-state index contributed by atoms with van der Waals surface area (Å²) in [4.78, 5) is 26.4. The summed E-state index contributed by atoms with van der Waals surface area (Å²) in [7, 11) is -4.27. The Labute approximate surface area is 221 Å². The summed E-state index contributed by atoms with van der Waals surface area (Å²) in [5.41, 5.74) is 12.1. The highest BCUT2D eigenvalue weighted by molar-refractivity contribution is 7.85. The third kappa shape index (κ3) is 10.1. The molecule has 0 saturated heterocycles. The van der Waals surface area contributed by atoms with Gasteiger partial charge >= 0.3 is 18.0 Å². The van der Waals surface area contributed by atoms with Gasteiger partial charge in [0.15, 0.2) is 0 Å². The highest BCUT2D eigenvalue weighted by atomic mass is 32.2. The van der Waals surface area contributed by atoms with Crippen molar-refractivity contribution in [3.05, 3.63) is 66.2 Å². The number of ether oxygens (including phenoxy) is 2. The van der Waals surface area contributed by atoms with E-state index in [4.69, 9.17) is 20.9 Å². The van der Waals surface area contributed by atoms with E-state index in [1.807, 2.05) is 25.1 Å². The molecule has 0 spiro atoms. The molecule has 38 heavy (non-hydrogen) atoms. The van der Waals surface area contributed by atoms with Crippen molar-refractivity contribution in [3.63, 3.8) is 0 Å². The van der Waals surface area contributed by atoms with E-state index in [2.05, 4.69) is 10.3 Å². The number of hydrogen-bond acceptors (Lipinski definition) is 7. The molecule has 0 unspecified atom stereocenters. The Morgan fingerprint density at radius 3 is 2.16 bits per heavy atom. The molecule has 0 heterocycles. The van der Waals surface area contributed by atoms with Crippen LogP contribution in [-0.4, -0.2) is 43.1 Å². The van der Waals surface area contributed by atoms with Gasteiger partial charge in [0.05, 0.1) is 11.3 Å². The second-order valence-electron chi connectivity index (χ2n) is 9.16. The van der Waals surface area contributed by atoms with Gasteiger partial charge in [-0.05, 0) is 52.0 Å². The summed E-state index contributed by atoms with van der Waals surface area (Å²) in [6.45, 7) is 7.23. The van der Waals surface area contributed by atoms with Crippen LogP contribution < -0.4 is 26.5 Å². The van der Waals surface area contributed by atoms with Crippen LogP contribution in [0.3, 0.4) is 0 Å². The molecule has 0 saturated carbocycles. The van der Waals surface area contributed by atoms with E-state index in [1.165, 1.54) is 12.1 Å². The summed E-state index contributed by atoms with van der Waals surface area (Å²) >= 11 is 0. The maximum Gasteiger partial charge on any atom is 0.407 e. The SMILES string of the molecule is CC(C)(C)OC(=O)NCCC(=O)Oc1cccc2c([NH+]=C(N)N)cccc12.Cc1ccc(S(=O)(=O)[O-])cc1. The Bertz CT molecular complexity index is 1410. The molecule has 0 aliphatic heterocycles. The van der Waals surface area contributed by atoms with Crippen molar-refractivity contribution in [1.82, 2.24) is 5.32 Å². The molecular formula is C26H32N4O7S. The number of aryl methyl sites for hydroxylation is 1. The van der Waals surface area contributed by atoms with Crippen molar-refractivity contribution in [1.29, 1.82) is 0 Å². The minimum atomic E-state index is -4.27. The van der Waals surface area contributed by atoms with Gasteiger partial charge in [-0.3, -0.25) is 16.3 Å². The smallest absolute Gasteiger partial charge is 0.407 e. The lowest BCUT2D eigenvalue weighted by Gasteiger charge is -2.19. The van der Waals surface area contributed by atoms with Crippen LogP contribution in [-0.2, 0) is 19.6 Å². The van der Waals surface area contributed by atoms with E-state index in [1.54, 1.807) is 51.1 Å². The van der Waals surface area contributed by atoms with Crippen molar-refractivity contribution in [2.75, 3.05) is 6.54 Å². The first-order valence-corrected chi connectivity index (χ1v) is 12.9. The number of amides is 1. The zero-order valence-electron chi connectivity index (χ0n) is 21.6. The summed E-state index contributed by atoms with van der Waals surface area (Å²) in [6.07, 6.45) is -0.566. The van der Waals surface area contributed by atoms with Crippen molar-refractivity contribution < 1.29 is 37.0 Å². The van der Waals surface area contributed by atoms with Crippen LogP contribution in [0.25, 0.3) is 10.8 Å². The number of guanidine groups is 1. The molecular weight excluding hydrogens is 512 g/mol. The van der Waals surface area contributed by atoms with Gasteiger partial charge in [0, 0.05) is 17.3 Å². The molecule has 11 nitrogen and oxygen atoms in total. The molecule has 0 fully saturated rings. The summed E-state index contributed by atoms with van der Waals surface area (Å²) < 4.78 is 41.7. The van der Waals surface area contributed by atoms with Crippen LogP contribution in [0.15, 0.2) is 65.6 Å². The Morgan fingerprint density at radius 1 is 0.974 bits per heavy atom. The summed E-state index contributed by atoms with van der Waals surface area (Å²) in [6, 6.07) is 16.6. The van der Waals surface area contributed by atoms with Crippen molar-refractivity contribution in [3.8, 4) is 5.75 Å². The number of rotatable bonds is 6. The number of esters is 1.